The van der Waals surface area contributed by atoms with E-state index in [0.29, 0.717) is 11.4 Å². The lowest BCUT2D eigenvalue weighted by Gasteiger charge is -1.93. The average molecular weight is 259 g/mol. The molecule has 0 unspecified atom stereocenters. The molecule has 5 nitrogen and oxygen atoms in total. The van der Waals surface area contributed by atoms with Crippen molar-refractivity contribution in [2.24, 2.45) is 0 Å². The van der Waals surface area contributed by atoms with E-state index >= 15 is 0 Å². The Morgan fingerprint density at radius 2 is 2.06 bits per heavy atom. The van der Waals surface area contributed by atoms with Gasteiger partial charge >= 0.3 is 0 Å². The third-order valence-corrected chi connectivity index (χ3v) is 3.25. The van der Waals surface area contributed by atoms with Gasteiger partial charge in [0.25, 0.3) is 5.69 Å². The number of benzene rings is 1. The normalized spacial score (nSPS) is 10.7. The van der Waals surface area contributed by atoms with Crippen molar-refractivity contribution in [2.45, 2.75) is 6.92 Å². The summed E-state index contributed by atoms with van der Waals surface area (Å²) in [6.45, 7) is 1.89. The largest absolute Gasteiger partial charge is 0.539 e. The van der Waals surface area contributed by atoms with Crippen LogP contribution in [0.1, 0.15) is 5.01 Å². The molecule has 2 aromatic heterocycles. The van der Waals surface area contributed by atoms with Gasteiger partial charge in [0.05, 0.1) is 10.3 Å². The predicted octanol–water partition coefficient (Wildman–Crippen LogP) is 1.46. The van der Waals surface area contributed by atoms with E-state index < -0.39 is 5.95 Å². The summed E-state index contributed by atoms with van der Waals surface area (Å²) in [6, 6.07) is 9.35. The Bertz CT molecular complexity index is 676. The summed E-state index contributed by atoms with van der Waals surface area (Å²) in [5.41, 5.74) is 1.71. The van der Waals surface area contributed by atoms with Crippen LogP contribution in [0.25, 0.3) is 17.1 Å². The van der Waals surface area contributed by atoms with E-state index in [2.05, 4.69) is 10.3 Å². The molecule has 1 aromatic carbocycles. The number of aryl methyl sites for hydroxylation is 1. The van der Waals surface area contributed by atoms with Gasteiger partial charge in [-0.15, -0.1) is 11.3 Å². The molecule has 0 spiro atoms. The fourth-order valence-corrected chi connectivity index (χ4v) is 2.28. The summed E-state index contributed by atoms with van der Waals surface area (Å²) in [7, 11) is 0. The third-order valence-electron chi connectivity index (χ3n) is 2.47. The molecule has 90 valence electrons. The van der Waals surface area contributed by atoms with E-state index in [0.717, 1.165) is 10.7 Å². The zero-order chi connectivity index (χ0) is 12.5. The number of hydrogen-bond acceptors (Lipinski definition) is 5. The zero-order valence-corrected chi connectivity index (χ0v) is 10.3. The molecule has 0 bridgehead atoms. The molecule has 0 saturated heterocycles. The third kappa shape index (κ3) is 1.76. The van der Waals surface area contributed by atoms with Crippen LogP contribution in [0.15, 0.2) is 40.2 Å². The Labute approximate surface area is 107 Å². The highest BCUT2D eigenvalue weighted by atomic mass is 32.1. The minimum absolute atomic E-state index is 0.352. The van der Waals surface area contributed by atoms with E-state index in [4.69, 9.17) is 4.52 Å². The van der Waals surface area contributed by atoms with Gasteiger partial charge in [0.2, 0.25) is 5.69 Å². The maximum atomic E-state index is 11.7. The van der Waals surface area contributed by atoms with E-state index in [1.54, 1.807) is 0 Å². The highest BCUT2D eigenvalue weighted by Gasteiger charge is 2.23. The number of rotatable bonds is 2. The Hall–Kier alpha value is -2.21. The first kappa shape index (κ1) is 10.9. The zero-order valence-electron chi connectivity index (χ0n) is 9.53. The molecular formula is C12H9N3O2S. The lowest BCUT2D eigenvalue weighted by atomic mass is 10.3. The van der Waals surface area contributed by atoms with Crippen molar-refractivity contribution in [3.05, 3.63) is 40.7 Å². The molecule has 0 aliphatic rings. The molecule has 0 aliphatic heterocycles. The van der Waals surface area contributed by atoms with Gasteiger partial charge in [-0.25, -0.2) is 4.98 Å². The fourth-order valence-electron chi connectivity index (χ4n) is 1.68. The average Bonchev–Trinajstić information content (AvgIpc) is 2.96. The molecule has 0 saturated carbocycles. The number of hydrogen-bond donors (Lipinski definition) is 0. The second-order valence-electron chi connectivity index (χ2n) is 3.71. The number of para-hydroxylation sites is 1. The minimum atomic E-state index is -0.482. The second kappa shape index (κ2) is 4.23. The Kier molecular flexibility index (Phi) is 2.56. The first-order valence-electron chi connectivity index (χ1n) is 5.32. The van der Waals surface area contributed by atoms with Gasteiger partial charge in [-0.3, -0.25) is 0 Å². The minimum Gasteiger partial charge on any atom is -0.539 e. The van der Waals surface area contributed by atoms with Crippen molar-refractivity contribution in [3.8, 4) is 23.0 Å². The van der Waals surface area contributed by atoms with Crippen LogP contribution in [-0.4, -0.2) is 10.3 Å². The van der Waals surface area contributed by atoms with Crippen LogP contribution in [0.5, 0.6) is 5.95 Å². The van der Waals surface area contributed by atoms with Gasteiger partial charge in [0.15, 0.2) is 11.6 Å². The molecular weight excluding hydrogens is 250 g/mol. The van der Waals surface area contributed by atoms with E-state index in [9.17, 15) is 5.11 Å². The summed E-state index contributed by atoms with van der Waals surface area (Å²) < 4.78 is 6.20. The van der Waals surface area contributed by atoms with Gasteiger partial charge in [0, 0.05) is 17.5 Å². The highest BCUT2D eigenvalue weighted by Crippen LogP contribution is 2.25. The lowest BCUT2D eigenvalue weighted by Crippen LogP contribution is -2.34. The van der Waals surface area contributed by atoms with E-state index in [-0.39, 0.29) is 0 Å². The molecule has 0 fully saturated rings. The molecule has 6 heteroatoms. The summed E-state index contributed by atoms with van der Waals surface area (Å²) >= 11 is 1.48. The highest BCUT2D eigenvalue weighted by molar-refractivity contribution is 7.09. The monoisotopic (exact) mass is 259 g/mol. The van der Waals surface area contributed by atoms with Crippen LogP contribution in [-0.2, 0) is 0 Å². The second-order valence-corrected chi connectivity index (χ2v) is 4.77. The molecule has 0 radical (unpaired) electrons. The Balaban J connectivity index is 2.18. The van der Waals surface area contributed by atoms with Crippen LogP contribution in [0.4, 0.5) is 0 Å². The van der Waals surface area contributed by atoms with Crippen molar-refractivity contribution < 1.29 is 14.3 Å². The molecule has 3 aromatic rings. The van der Waals surface area contributed by atoms with Crippen LogP contribution < -0.4 is 9.79 Å². The van der Waals surface area contributed by atoms with Crippen LogP contribution in [0, 0.1) is 6.92 Å². The van der Waals surface area contributed by atoms with Gasteiger partial charge in [0.1, 0.15) is 0 Å². The van der Waals surface area contributed by atoms with Crippen molar-refractivity contribution in [1.29, 1.82) is 0 Å². The molecule has 0 amide bonds. The number of aromatic nitrogens is 3. The quantitative estimate of drug-likeness (QED) is 0.653. The fraction of sp³-hybridized carbons (Fsp3) is 0.0833. The van der Waals surface area contributed by atoms with Crippen LogP contribution >= 0.6 is 11.3 Å². The summed E-state index contributed by atoms with van der Waals surface area (Å²) in [5.74, 6) is -0.482. The summed E-state index contributed by atoms with van der Waals surface area (Å²) in [6.07, 6.45) is 0. The van der Waals surface area contributed by atoms with Gasteiger partial charge < -0.3 is 9.63 Å². The maximum absolute atomic E-state index is 11.7. The topological polar surface area (TPSA) is 65.9 Å². The first-order valence-corrected chi connectivity index (χ1v) is 6.20. The van der Waals surface area contributed by atoms with Gasteiger partial charge in [-0.1, -0.05) is 18.2 Å². The first-order chi connectivity index (χ1) is 8.75. The predicted molar refractivity (Wildman–Crippen MR) is 63.3 cm³/mol. The SMILES string of the molecule is Cc1nc(-c2c([O-])on[n+]2-c2ccccc2)cs1. The summed E-state index contributed by atoms with van der Waals surface area (Å²) in [4.78, 5) is 4.30. The smallest absolute Gasteiger partial charge is 0.289 e. The molecule has 0 aliphatic carbocycles. The van der Waals surface area contributed by atoms with Gasteiger partial charge in [-0.05, 0) is 11.6 Å². The molecule has 18 heavy (non-hydrogen) atoms. The van der Waals surface area contributed by atoms with Gasteiger partial charge in [-0.2, -0.15) is 0 Å². The van der Waals surface area contributed by atoms with E-state index in [1.807, 2.05) is 42.6 Å². The number of thiazole rings is 1. The maximum Gasteiger partial charge on any atom is 0.289 e. The molecule has 3 rings (SSSR count). The Morgan fingerprint density at radius 3 is 2.72 bits per heavy atom. The van der Waals surface area contributed by atoms with Crippen molar-refractivity contribution in [1.82, 2.24) is 10.3 Å². The van der Waals surface area contributed by atoms with Crippen molar-refractivity contribution in [2.75, 3.05) is 0 Å². The van der Waals surface area contributed by atoms with Crippen LogP contribution in [0.3, 0.4) is 0 Å². The number of nitrogens with zero attached hydrogens (tertiary/aromatic N) is 3. The molecule has 2 heterocycles. The summed E-state index contributed by atoms with van der Waals surface area (Å²) in [5, 5.41) is 18.2. The van der Waals surface area contributed by atoms with Crippen LogP contribution in [0.2, 0.25) is 0 Å². The lowest BCUT2D eigenvalue weighted by molar-refractivity contribution is -0.660. The Morgan fingerprint density at radius 1 is 1.28 bits per heavy atom. The van der Waals surface area contributed by atoms with Crippen molar-refractivity contribution in [3.63, 3.8) is 0 Å². The van der Waals surface area contributed by atoms with E-state index in [1.165, 1.54) is 16.0 Å². The molecule has 0 N–H and O–H groups in total. The standard InChI is InChI=1S/C12H9N3O2S/c1-8-13-10(7-18-8)11-12(16)17-14-15(11)9-5-3-2-4-6-9/h2-7H,1H3. The molecule has 0 atom stereocenters. The van der Waals surface area contributed by atoms with Crippen molar-refractivity contribution >= 4 is 11.3 Å².